The van der Waals surface area contributed by atoms with Gasteiger partial charge in [-0.15, -0.1) is 0 Å². The first-order chi connectivity index (χ1) is 11.0. The number of benzene rings is 1. The lowest BCUT2D eigenvalue weighted by atomic mass is 9.98. The number of piperidine rings is 1. The number of esters is 1. The third-order valence-electron chi connectivity index (χ3n) is 4.32. The molecule has 1 amide bonds. The van der Waals surface area contributed by atoms with Crippen LogP contribution >= 0.6 is 0 Å². The summed E-state index contributed by atoms with van der Waals surface area (Å²) in [6.07, 6.45) is 1.58. The molecule has 2 fully saturated rings. The van der Waals surface area contributed by atoms with Gasteiger partial charge in [0.25, 0.3) is 5.91 Å². The van der Waals surface area contributed by atoms with Gasteiger partial charge in [-0.05, 0) is 44.0 Å². The minimum Gasteiger partial charge on any atom is -0.489 e. The van der Waals surface area contributed by atoms with Gasteiger partial charge in [-0.2, -0.15) is 5.26 Å². The highest BCUT2D eigenvalue weighted by Gasteiger charge is 2.48. The Morgan fingerprint density at radius 2 is 2.13 bits per heavy atom. The van der Waals surface area contributed by atoms with Gasteiger partial charge in [-0.3, -0.25) is 9.59 Å². The van der Waals surface area contributed by atoms with Crippen molar-refractivity contribution >= 4 is 11.9 Å². The van der Waals surface area contributed by atoms with Gasteiger partial charge in [0, 0.05) is 13.1 Å². The maximum Gasteiger partial charge on any atom is 0.311 e. The van der Waals surface area contributed by atoms with Gasteiger partial charge in [0.05, 0.1) is 17.6 Å². The number of rotatable bonds is 3. The van der Waals surface area contributed by atoms with Crippen molar-refractivity contribution in [3.8, 4) is 11.8 Å². The highest BCUT2D eigenvalue weighted by Crippen LogP contribution is 2.29. The first-order valence-corrected chi connectivity index (χ1v) is 7.67. The Balaban J connectivity index is 1.75. The quantitative estimate of drug-likeness (QED) is 0.790. The molecular weight excluding hydrogens is 296 g/mol. The number of carbonyl (C=O) groups is 2. The monoisotopic (exact) mass is 314 g/mol. The number of carbonyl (C=O) groups excluding carboxylic acids is 2. The third-order valence-corrected chi connectivity index (χ3v) is 4.32. The number of fused-ring (bicyclic) bond motifs is 2. The smallest absolute Gasteiger partial charge is 0.311 e. The van der Waals surface area contributed by atoms with Crippen molar-refractivity contribution < 1.29 is 19.1 Å². The second-order valence-electron chi connectivity index (χ2n) is 6.17. The molecule has 0 aromatic heterocycles. The van der Waals surface area contributed by atoms with Crippen LogP contribution in [0.3, 0.4) is 0 Å². The van der Waals surface area contributed by atoms with E-state index in [0.29, 0.717) is 24.4 Å². The van der Waals surface area contributed by atoms with Gasteiger partial charge in [0.15, 0.2) is 0 Å². The molecule has 120 valence electrons. The van der Waals surface area contributed by atoms with Crippen LogP contribution < -0.4 is 4.74 Å². The predicted molar refractivity (Wildman–Crippen MR) is 80.5 cm³/mol. The van der Waals surface area contributed by atoms with Gasteiger partial charge in [-0.25, -0.2) is 0 Å². The van der Waals surface area contributed by atoms with E-state index in [2.05, 4.69) is 0 Å². The van der Waals surface area contributed by atoms with Crippen LogP contribution in [-0.2, 0) is 14.3 Å². The highest BCUT2D eigenvalue weighted by molar-refractivity contribution is 5.90. The normalized spacial score (nSPS) is 27.0. The minimum atomic E-state index is -1.32. The molecule has 2 saturated heterocycles. The van der Waals surface area contributed by atoms with E-state index in [4.69, 9.17) is 14.7 Å². The summed E-state index contributed by atoms with van der Waals surface area (Å²) in [4.78, 5) is 26.6. The zero-order valence-electron chi connectivity index (χ0n) is 12.9. The first kappa shape index (κ1) is 15.3. The summed E-state index contributed by atoms with van der Waals surface area (Å²) in [5, 5.41) is 8.79. The summed E-state index contributed by atoms with van der Waals surface area (Å²) in [7, 11) is 0. The van der Waals surface area contributed by atoms with E-state index in [1.54, 1.807) is 36.1 Å². The molecule has 0 radical (unpaired) electrons. The van der Waals surface area contributed by atoms with Crippen LogP contribution in [0.15, 0.2) is 24.3 Å². The Hall–Kier alpha value is -2.55. The molecule has 0 saturated carbocycles. The van der Waals surface area contributed by atoms with E-state index in [1.165, 1.54) is 0 Å². The van der Waals surface area contributed by atoms with Crippen LogP contribution in [-0.4, -0.2) is 42.1 Å². The van der Waals surface area contributed by atoms with Crippen LogP contribution in [0.5, 0.6) is 5.75 Å². The predicted octanol–water partition coefficient (Wildman–Crippen LogP) is 1.49. The van der Waals surface area contributed by atoms with E-state index in [1.807, 2.05) is 6.07 Å². The molecule has 6 nitrogen and oxygen atoms in total. The highest BCUT2D eigenvalue weighted by atomic mass is 16.6. The topological polar surface area (TPSA) is 79.6 Å². The van der Waals surface area contributed by atoms with Gasteiger partial charge in [0.1, 0.15) is 12.4 Å². The van der Waals surface area contributed by atoms with Crippen molar-refractivity contribution in [2.45, 2.75) is 25.4 Å². The van der Waals surface area contributed by atoms with Crippen LogP contribution in [0, 0.1) is 17.2 Å². The molecule has 2 aliphatic rings. The lowest BCUT2D eigenvalue weighted by Gasteiger charge is -2.31. The van der Waals surface area contributed by atoms with E-state index in [0.717, 1.165) is 12.8 Å². The fourth-order valence-corrected chi connectivity index (χ4v) is 2.98. The van der Waals surface area contributed by atoms with Crippen molar-refractivity contribution in [2.75, 3.05) is 19.7 Å². The zero-order chi connectivity index (χ0) is 16.4. The Morgan fingerprint density at radius 1 is 1.39 bits per heavy atom. The Bertz CT molecular complexity index is 664. The lowest BCUT2D eigenvalue weighted by Crippen LogP contribution is -2.51. The van der Waals surface area contributed by atoms with Crippen molar-refractivity contribution in [1.82, 2.24) is 4.90 Å². The lowest BCUT2D eigenvalue weighted by molar-refractivity contribution is -0.171. The van der Waals surface area contributed by atoms with E-state index >= 15 is 0 Å². The number of amides is 1. The Labute approximate surface area is 134 Å². The van der Waals surface area contributed by atoms with Crippen LogP contribution in [0.1, 0.15) is 25.3 Å². The molecule has 1 aromatic carbocycles. The number of nitriles is 1. The summed E-state index contributed by atoms with van der Waals surface area (Å²) in [6.45, 7) is 2.63. The summed E-state index contributed by atoms with van der Waals surface area (Å²) in [6, 6.07) is 8.61. The van der Waals surface area contributed by atoms with Gasteiger partial charge >= 0.3 is 5.97 Å². The summed E-state index contributed by atoms with van der Waals surface area (Å²) < 4.78 is 11.1. The zero-order valence-corrected chi connectivity index (χ0v) is 12.9. The fraction of sp³-hybridized carbons (Fsp3) is 0.471. The Morgan fingerprint density at radius 3 is 2.83 bits per heavy atom. The molecule has 0 unspecified atom stereocenters. The van der Waals surface area contributed by atoms with Gasteiger partial charge in [-0.1, -0.05) is 0 Å². The molecule has 3 rings (SSSR count). The standard InChI is InChI=1S/C17H18N2O4/c1-17(11-22-14-6-4-12(9-18)5-7-14)16(21)19-8-2-3-13(10-19)15(20)23-17/h4-7,13H,2-3,8,10-11H2,1H3/t13-,17+/m0/s1. The van der Waals surface area contributed by atoms with Crippen molar-refractivity contribution in [3.63, 3.8) is 0 Å². The van der Waals surface area contributed by atoms with E-state index in [9.17, 15) is 9.59 Å². The summed E-state index contributed by atoms with van der Waals surface area (Å²) >= 11 is 0. The average Bonchev–Trinajstić information content (AvgIpc) is 2.64. The second-order valence-corrected chi connectivity index (χ2v) is 6.17. The van der Waals surface area contributed by atoms with E-state index in [-0.39, 0.29) is 24.4 Å². The number of hydrogen-bond donors (Lipinski definition) is 0. The van der Waals surface area contributed by atoms with Crippen molar-refractivity contribution in [1.29, 1.82) is 5.26 Å². The Kier molecular flexibility index (Phi) is 3.95. The molecule has 1 aromatic rings. The molecule has 2 heterocycles. The molecule has 2 atom stereocenters. The van der Waals surface area contributed by atoms with Crippen LogP contribution in [0.25, 0.3) is 0 Å². The number of hydrogen-bond acceptors (Lipinski definition) is 5. The molecule has 0 N–H and O–H groups in total. The molecule has 0 spiro atoms. The number of ether oxygens (including phenoxy) is 2. The summed E-state index contributed by atoms with van der Waals surface area (Å²) in [5.74, 6) is -0.242. The number of nitrogens with zero attached hydrogens (tertiary/aromatic N) is 2. The van der Waals surface area contributed by atoms with Crippen molar-refractivity contribution in [3.05, 3.63) is 29.8 Å². The third kappa shape index (κ3) is 3.00. The van der Waals surface area contributed by atoms with Gasteiger partial charge < -0.3 is 14.4 Å². The molecule has 23 heavy (non-hydrogen) atoms. The van der Waals surface area contributed by atoms with Crippen LogP contribution in [0.2, 0.25) is 0 Å². The molecule has 2 aliphatic heterocycles. The first-order valence-electron chi connectivity index (χ1n) is 7.67. The molecular formula is C17H18N2O4. The maximum absolute atomic E-state index is 12.7. The fourth-order valence-electron chi connectivity index (χ4n) is 2.98. The number of cyclic esters (lactones) is 1. The average molecular weight is 314 g/mol. The second kappa shape index (κ2) is 5.92. The largest absolute Gasteiger partial charge is 0.489 e. The molecule has 6 heteroatoms. The maximum atomic E-state index is 12.7. The van der Waals surface area contributed by atoms with Crippen LogP contribution in [0.4, 0.5) is 0 Å². The van der Waals surface area contributed by atoms with E-state index < -0.39 is 5.60 Å². The molecule has 0 aliphatic carbocycles. The molecule has 2 bridgehead atoms. The van der Waals surface area contributed by atoms with Crippen molar-refractivity contribution in [2.24, 2.45) is 5.92 Å². The SMILES string of the molecule is C[C@]1(COc2ccc(C#N)cc2)OC(=O)[C@H]2CCCN(C2)C1=O. The minimum absolute atomic E-state index is 0.0489. The summed E-state index contributed by atoms with van der Waals surface area (Å²) in [5.41, 5.74) is -0.787. The van der Waals surface area contributed by atoms with Gasteiger partial charge in [0.2, 0.25) is 5.60 Å².